The second-order valence-corrected chi connectivity index (χ2v) is 6.93. The molecule has 33 heavy (non-hydrogen) atoms. The minimum atomic E-state index is -0.672. The smallest absolute Gasteiger partial charge is 0.340 e. The number of anilines is 1. The van der Waals surface area contributed by atoms with Gasteiger partial charge in [0, 0.05) is 23.5 Å². The van der Waals surface area contributed by atoms with Gasteiger partial charge in [-0.15, -0.1) is 0 Å². The Balaban J connectivity index is 2.06. The SMILES string of the molecule is C=CCOc1ccc(/C=C2\C(=O)N(c3ccc([N+](=O)[O-])cc3)C(C)=C2C(=O)OC)cc1OC. The van der Waals surface area contributed by atoms with E-state index >= 15 is 0 Å². The molecule has 0 spiro atoms. The molecule has 1 heterocycles. The number of nitro benzene ring substituents is 1. The average Bonchev–Trinajstić information content (AvgIpc) is 3.06. The van der Waals surface area contributed by atoms with Gasteiger partial charge in [0.2, 0.25) is 0 Å². The Morgan fingerprint density at radius 3 is 2.42 bits per heavy atom. The highest BCUT2D eigenvalue weighted by molar-refractivity contribution is 6.23. The number of hydrogen-bond acceptors (Lipinski definition) is 7. The van der Waals surface area contributed by atoms with Gasteiger partial charge in [-0.05, 0) is 42.8 Å². The standard InChI is InChI=1S/C24H22N2O7/c1-5-12-33-20-11-6-16(14-21(20)31-3)13-19-22(24(28)32-4)15(2)25(23(19)27)17-7-9-18(10-8-17)26(29)30/h5-11,13-14H,1,12H2,2-4H3/b19-13-. The van der Waals surface area contributed by atoms with Crippen molar-refractivity contribution >= 4 is 29.3 Å². The minimum Gasteiger partial charge on any atom is -0.493 e. The normalized spacial score (nSPS) is 14.5. The maximum Gasteiger partial charge on any atom is 0.340 e. The third-order valence-corrected chi connectivity index (χ3v) is 4.96. The van der Waals surface area contributed by atoms with E-state index in [9.17, 15) is 19.7 Å². The summed E-state index contributed by atoms with van der Waals surface area (Å²) in [6.45, 7) is 5.52. The van der Waals surface area contributed by atoms with Crippen LogP contribution in [0.1, 0.15) is 12.5 Å². The zero-order chi connectivity index (χ0) is 24.1. The molecule has 0 radical (unpaired) electrons. The van der Waals surface area contributed by atoms with Gasteiger partial charge in [0.15, 0.2) is 11.5 Å². The van der Waals surface area contributed by atoms with Gasteiger partial charge in [-0.2, -0.15) is 0 Å². The fourth-order valence-electron chi connectivity index (χ4n) is 3.42. The van der Waals surface area contributed by atoms with Crippen LogP contribution in [0.4, 0.5) is 11.4 Å². The van der Waals surface area contributed by atoms with Crippen molar-refractivity contribution < 1.29 is 28.7 Å². The van der Waals surface area contributed by atoms with Crippen LogP contribution in [-0.2, 0) is 14.3 Å². The molecule has 3 rings (SSSR count). The molecule has 1 amide bonds. The van der Waals surface area contributed by atoms with Crippen LogP contribution in [0.2, 0.25) is 0 Å². The fourth-order valence-corrected chi connectivity index (χ4v) is 3.42. The maximum absolute atomic E-state index is 13.3. The number of ether oxygens (including phenoxy) is 3. The molecule has 0 unspecified atom stereocenters. The summed E-state index contributed by atoms with van der Waals surface area (Å²) >= 11 is 0. The largest absolute Gasteiger partial charge is 0.493 e. The lowest BCUT2D eigenvalue weighted by Crippen LogP contribution is -2.24. The van der Waals surface area contributed by atoms with Crippen molar-refractivity contribution in [2.24, 2.45) is 0 Å². The number of hydrogen-bond donors (Lipinski definition) is 0. The number of allylic oxidation sites excluding steroid dienone is 1. The van der Waals surface area contributed by atoms with E-state index in [2.05, 4.69) is 6.58 Å². The Morgan fingerprint density at radius 2 is 1.85 bits per heavy atom. The van der Waals surface area contributed by atoms with Crippen molar-refractivity contribution in [2.75, 3.05) is 25.7 Å². The van der Waals surface area contributed by atoms with Crippen LogP contribution >= 0.6 is 0 Å². The second-order valence-electron chi connectivity index (χ2n) is 6.93. The van der Waals surface area contributed by atoms with E-state index in [4.69, 9.17) is 14.2 Å². The summed E-state index contributed by atoms with van der Waals surface area (Å²) in [6.07, 6.45) is 3.17. The number of esters is 1. The van der Waals surface area contributed by atoms with Crippen LogP contribution in [0.15, 0.2) is 72.0 Å². The molecule has 0 N–H and O–H groups in total. The molecule has 0 atom stereocenters. The summed E-state index contributed by atoms with van der Waals surface area (Å²) in [7, 11) is 2.72. The van der Waals surface area contributed by atoms with Crippen molar-refractivity contribution in [2.45, 2.75) is 6.92 Å². The van der Waals surface area contributed by atoms with Crippen molar-refractivity contribution in [3.8, 4) is 11.5 Å². The highest BCUT2D eigenvalue weighted by atomic mass is 16.6. The number of nitro groups is 1. The number of rotatable bonds is 8. The van der Waals surface area contributed by atoms with Crippen molar-refractivity contribution in [3.63, 3.8) is 0 Å². The number of non-ortho nitro benzene ring substituents is 1. The highest BCUT2D eigenvalue weighted by Crippen LogP contribution is 2.37. The zero-order valence-corrected chi connectivity index (χ0v) is 18.4. The Labute approximate surface area is 190 Å². The zero-order valence-electron chi connectivity index (χ0n) is 18.4. The van der Waals surface area contributed by atoms with E-state index in [1.165, 1.54) is 43.4 Å². The van der Waals surface area contributed by atoms with E-state index in [0.29, 0.717) is 35.1 Å². The monoisotopic (exact) mass is 450 g/mol. The summed E-state index contributed by atoms with van der Waals surface area (Å²) < 4.78 is 15.8. The minimum absolute atomic E-state index is 0.104. The second kappa shape index (κ2) is 9.82. The molecule has 1 aliphatic rings. The first-order valence-electron chi connectivity index (χ1n) is 9.84. The van der Waals surface area contributed by atoms with Gasteiger partial charge in [-0.25, -0.2) is 4.79 Å². The molecule has 0 fully saturated rings. The number of nitrogens with zero attached hydrogens (tertiary/aromatic N) is 2. The summed E-state index contributed by atoms with van der Waals surface area (Å²) in [6, 6.07) is 10.6. The van der Waals surface area contributed by atoms with Crippen LogP contribution in [0.25, 0.3) is 6.08 Å². The molecule has 0 saturated heterocycles. The molecule has 0 saturated carbocycles. The van der Waals surface area contributed by atoms with E-state index in [1.54, 1.807) is 37.3 Å². The number of methoxy groups -OCH3 is 2. The van der Waals surface area contributed by atoms with E-state index in [-0.39, 0.29) is 16.8 Å². The van der Waals surface area contributed by atoms with Crippen LogP contribution in [-0.4, -0.2) is 37.6 Å². The van der Waals surface area contributed by atoms with Gasteiger partial charge < -0.3 is 14.2 Å². The molecule has 2 aromatic rings. The summed E-state index contributed by atoms with van der Waals surface area (Å²) in [5.41, 5.74) is 1.46. The summed E-state index contributed by atoms with van der Waals surface area (Å²) in [5, 5.41) is 11.0. The van der Waals surface area contributed by atoms with E-state index in [1.807, 2.05) is 0 Å². The van der Waals surface area contributed by atoms with E-state index in [0.717, 1.165) is 0 Å². The van der Waals surface area contributed by atoms with E-state index < -0.39 is 16.8 Å². The molecular formula is C24H22N2O7. The molecule has 0 aliphatic carbocycles. The van der Waals surface area contributed by atoms with Crippen molar-refractivity contribution in [1.82, 2.24) is 0 Å². The highest BCUT2D eigenvalue weighted by Gasteiger charge is 2.38. The first-order chi connectivity index (χ1) is 15.8. The molecule has 0 bridgehead atoms. The average molecular weight is 450 g/mol. The Bertz CT molecular complexity index is 1180. The van der Waals surface area contributed by atoms with Gasteiger partial charge >= 0.3 is 5.97 Å². The van der Waals surface area contributed by atoms with Crippen LogP contribution in [0.3, 0.4) is 0 Å². The van der Waals surface area contributed by atoms with Crippen LogP contribution < -0.4 is 14.4 Å². The fraction of sp³-hybridized carbons (Fsp3) is 0.167. The number of carbonyl (C=O) groups is 2. The molecule has 1 aliphatic heterocycles. The van der Waals surface area contributed by atoms with Gasteiger partial charge in [-0.3, -0.25) is 19.8 Å². The molecule has 0 aromatic heterocycles. The molecule has 9 heteroatoms. The van der Waals surface area contributed by atoms with Crippen molar-refractivity contribution in [1.29, 1.82) is 0 Å². The lowest BCUT2D eigenvalue weighted by molar-refractivity contribution is -0.384. The molecule has 170 valence electrons. The van der Waals surface area contributed by atoms with Gasteiger partial charge in [0.1, 0.15) is 6.61 Å². The Kier molecular flexibility index (Phi) is 6.92. The quantitative estimate of drug-likeness (QED) is 0.196. The summed E-state index contributed by atoms with van der Waals surface area (Å²) in [5.74, 6) is -0.184. The Hall–Kier alpha value is -4.40. The third kappa shape index (κ3) is 4.62. The summed E-state index contributed by atoms with van der Waals surface area (Å²) in [4.78, 5) is 37.6. The van der Waals surface area contributed by atoms with Gasteiger partial charge in [-0.1, -0.05) is 18.7 Å². The van der Waals surface area contributed by atoms with Gasteiger partial charge in [0.05, 0.1) is 30.3 Å². The molecule has 2 aromatic carbocycles. The van der Waals surface area contributed by atoms with Crippen LogP contribution in [0, 0.1) is 10.1 Å². The number of carbonyl (C=O) groups excluding carboxylic acids is 2. The predicted octanol–water partition coefficient (Wildman–Crippen LogP) is 4.05. The lowest BCUT2D eigenvalue weighted by Gasteiger charge is -2.17. The van der Waals surface area contributed by atoms with Crippen LogP contribution in [0.5, 0.6) is 11.5 Å². The molecule has 9 nitrogen and oxygen atoms in total. The van der Waals surface area contributed by atoms with Gasteiger partial charge in [0.25, 0.3) is 11.6 Å². The molecular weight excluding hydrogens is 428 g/mol. The lowest BCUT2D eigenvalue weighted by atomic mass is 10.0. The number of benzene rings is 2. The third-order valence-electron chi connectivity index (χ3n) is 4.96. The predicted molar refractivity (Wildman–Crippen MR) is 122 cm³/mol. The topological polar surface area (TPSA) is 108 Å². The maximum atomic E-state index is 13.3. The first-order valence-corrected chi connectivity index (χ1v) is 9.84. The van der Waals surface area contributed by atoms with Crippen molar-refractivity contribution in [3.05, 3.63) is 87.6 Å². The number of amides is 1. The first kappa shape index (κ1) is 23.3. The Morgan fingerprint density at radius 1 is 1.15 bits per heavy atom.